The summed E-state index contributed by atoms with van der Waals surface area (Å²) in [5, 5.41) is 0. The second-order valence-corrected chi connectivity index (χ2v) is 4.32. The molecule has 0 aliphatic carbocycles. The average molecular weight is 202 g/mol. The van der Waals surface area contributed by atoms with Gasteiger partial charge in [0.25, 0.3) is 0 Å². The van der Waals surface area contributed by atoms with Gasteiger partial charge in [0.15, 0.2) is 0 Å². The molecule has 1 aliphatic rings. The highest BCUT2D eigenvalue weighted by Crippen LogP contribution is 2.24. The van der Waals surface area contributed by atoms with Crippen LogP contribution in [0.2, 0.25) is 0 Å². The maximum atomic E-state index is 13.6. The third kappa shape index (κ3) is 2.94. The highest BCUT2D eigenvalue weighted by molar-refractivity contribution is 5.74. The van der Waals surface area contributed by atoms with Crippen LogP contribution < -0.4 is 5.73 Å². The van der Waals surface area contributed by atoms with Crippen LogP contribution in [-0.2, 0) is 4.79 Å². The molecule has 14 heavy (non-hydrogen) atoms. The number of hydrogen-bond donors (Lipinski definition) is 1. The Morgan fingerprint density at radius 2 is 2.29 bits per heavy atom. The molecule has 3 nitrogen and oxygen atoms in total. The minimum atomic E-state index is -0.904. The van der Waals surface area contributed by atoms with E-state index in [2.05, 4.69) is 18.7 Å². The van der Waals surface area contributed by atoms with E-state index in [1.807, 2.05) is 0 Å². The van der Waals surface area contributed by atoms with Crippen molar-refractivity contribution in [1.29, 1.82) is 0 Å². The SMILES string of the molecule is CC(C)N1CCC(CC(N)=O)C(F)C1. The maximum Gasteiger partial charge on any atom is 0.217 e. The maximum absolute atomic E-state index is 13.6. The second-order valence-electron chi connectivity index (χ2n) is 4.32. The molecule has 2 unspecified atom stereocenters. The van der Waals surface area contributed by atoms with E-state index in [-0.39, 0.29) is 12.3 Å². The number of primary amides is 1. The van der Waals surface area contributed by atoms with Crippen molar-refractivity contribution in [2.24, 2.45) is 11.7 Å². The molecule has 0 aromatic rings. The standard InChI is InChI=1S/C10H19FN2O/c1-7(2)13-4-3-8(5-10(12)14)9(11)6-13/h7-9H,3-6H2,1-2H3,(H2,12,14). The van der Waals surface area contributed by atoms with Gasteiger partial charge in [-0.3, -0.25) is 9.69 Å². The van der Waals surface area contributed by atoms with Gasteiger partial charge in [0.05, 0.1) is 0 Å². The van der Waals surface area contributed by atoms with Gasteiger partial charge in [-0.1, -0.05) is 0 Å². The van der Waals surface area contributed by atoms with E-state index in [0.29, 0.717) is 12.6 Å². The molecular formula is C10H19FN2O. The van der Waals surface area contributed by atoms with Gasteiger partial charge in [-0.15, -0.1) is 0 Å². The molecule has 0 bridgehead atoms. The van der Waals surface area contributed by atoms with Crippen LogP contribution >= 0.6 is 0 Å². The summed E-state index contributed by atoms with van der Waals surface area (Å²) in [5.74, 6) is -0.557. The van der Waals surface area contributed by atoms with Crippen LogP contribution in [0.15, 0.2) is 0 Å². The molecule has 2 atom stereocenters. The summed E-state index contributed by atoms with van der Waals surface area (Å²) < 4.78 is 13.6. The Morgan fingerprint density at radius 3 is 2.71 bits per heavy atom. The van der Waals surface area contributed by atoms with Gasteiger partial charge in [0.2, 0.25) is 5.91 Å². The number of rotatable bonds is 3. The normalized spacial score (nSPS) is 29.4. The van der Waals surface area contributed by atoms with Crippen LogP contribution in [-0.4, -0.2) is 36.1 Å². The first kappa shape index (κ1) is 11.4. The molecule has 0 radical (unpaired) electrons. The Hall–Kier alpha value is -0.640. The summed E-state index contributed by atoms with van der Waals surface area (Å²) in [6.45, 7) is 5.42. The van der Waals surface area contributed by atoms with Gasteiger partial charge in [-0.05, 0) is 26.8 Å². The van der Waals surface area contributed by atoms with Gasteiger partial charge < -0.3 is 5.73 Å². The summed E-state index contributed by atoms with van der Waals surface area (Å²) in [6, 6.07) is 0.378. The van der Waals surface area contributed by atoms with Gasteiger partial charge in [-0.25, -0.2) is 4.39 Å². The molecule has 0 aromatic heterocycles. The van der Waals surface area contributed by atoms with Crippen LogP contribution in [0.1, 0.15) is 26.7 Å². The zero-order valence-corrected chi connectivity index (χ0v) is 8.87. The number of likely N-dealkylation sites (tertiary alicyclic amines) is 1. The summed E-state index contributed by atoms with van der Waals surface area (Å²) in [5.41, 5.74) is 5.06. The predicted octanol–water partition coefficient (Wildman–Crippen LogP) is 0.930. The average Bonchev–Trinajstić information content (AvgIpc) is 2.07. The fraction of sp³-hybridized carbons (Fsp3) is 0.900. The van der Waals surface area contributed by atoms with Crippen molar-refractivity contribution in [2.45, 2.75) is 38.9 Å². The number of halogens is 1. The number of carbonyl (C=O) groups is 1. The van der Waals surface area contributed by atoms with Gasteiger partial charge in [-0.2, -0.15) is 0 Å². The Balaban J connectivity index is 2.43. The van der Waals surface area contributed by atoms with E-state index in [4.69, 9.17) is 5.73 Å². The molecule has 0 saturated carbocycles. The lowest BCUT2D eigenvalue weighted by Gasteiger charge is -2.36. The van der Waals surface area contributed by atoms with Crippen LogP contribution in [0.25, 0.3) is 0 Å². The number of nitrogens with two attached hydrogens (primary N) is 1. The topological polar surface area (TPSA) is 46.3 Å². The minimum Gasteiger partial charge on any atom is -0.370 e. The number of piperidine rings is 1. The van der Waals surface area contributed by atoms with Crippen molar-refractivity contribution in [1.82, 2.24) is 4.90 Å². The fourth-order valence-electron chi connectivity index (χ4n) is 1.93. The zero-order chi connectivity index (χ0) is 10.7. The second kappa shape index (κ2) is 4.73. The Bertz CT molecular complexity index is 208. The first-order valence-electron chi connectivity index (χ1n) is 5.17. The van der Waals surface area contributed by atoms with Crippen LogP contribution in [0.3, 0.4) is 0 Å². The minimum absolute atomic E-state index is 0.164. The highest BCUT2D eigenvalue weighted by Gasteiger charge is 2.30. The van der Waals surface area contributed by atoms with E-state index >= 15 is 0 Å². The molecule has 2 N–H and O–H groups in total. The third-order valence-electron chi connectivity index (χ3n) is 2.90. The molecule has 1 saturated heterocycles. The van der Waals surface area contributed by atoms with Crippen LogP contribution in [0.4, 0.5) is 4.39 Å². The van der Waals surface area contributed by atoms with E-state index in [0.717, 1.165) is 13.0 Å². The van der Waals surface area contributed by atoms with E-state index in [1.165, 1.54) is 0 Å². The number of hydrogen-bond acceptors (Lipinski definition) is 2. The van der Waals surface area contributed by atoms with E-state index < -0.39 is 12.1 Å². The fourth-order valence-corrected chi connectivity index (χ4v) is 1.93. The molecule has 1 amide bonds. The molecule has 1 aliphatic heterocycles. The Morgan fingerprint density at radius 1 is 1.64 bits per heavy atom. The molecule has 1 heterocycles. The molecule has 4 heteroatoms. The van der Waals surface area contributed by atoms with Crippen LogP contribution in [0.5, 0.6) is 0 Å². The molecule has 1 rings (SSSR count). The van der Waals surface area contributed by atoms with Crippen molar-refractivity contribution in [2.75, 3.05) is 13.1 Å². The number of amides is 1. The first-order valence-corrected chi connectivity index (χ1v) is 5.17. The molecule has 0 aromatic carbocycles. The summed E-state index contributed by atoms with van der Waals surface area (Å²) in [7, 11) is 0. The summed E-state index contributed by atoms with van der Waals surface area (Å²) in [6.07, 6.45) is 0.0220. The van der Waals surface area contributed by atoms with Crippen molar-refractivity contribution >= 4 is 5.91 Å². The quantitative estimate of drug-likeness (QED) is 0.740. The smallest absolute Gasteiger partial charge is 0.217 e. The van der Waals surface area contributed by atoms with Crippen molar-refractivity contribution in [3.05, 3.63) is 0 Å². The number of nitrogens with zero attached hydrogens (tertiary/aromatic N) is 1. The summed E-state index contributed by atoms with van der Waals surface area (Å²) in [4.78, 5) is 12.8. The van der Waals surface area contributed by atoms with Crippen molar-refractivity contribution in [3.63, 3.8) is 0 Å². The lowest BCUT2D eigenvalue weighted by atomic mass is 9.91. The zero-order valence-electron chi connectivity index (χ0n) is 8.87. The number of carbonyl (C=O) groups excluding carboxylic acids is 1. The van der Waals surface area contributed by atoms with Gasteiger partial charge in [0, 0.05) is 24.9 Å². The van der Waals surface area contributed by atoms with Gasteiger partial charge >= 0.3 is 0 Å². The van der Waals surface area contributed by atoms with Crippen LogP contribution in [0, 0.1) is 5.92 Å². The lowest BCUT2D eigenvalue weighted by Crippen LogP contribution is -2.45. The third-order valence-corrected chi connectivity index (χ3v) is 2.90. The molecule has 82 valence electrons. The molecule has 1 fully saturated rings. The predicted molar refractivity (Wildman–Crippen MR) is 53.5 cm³/mol. The van der Waals surface area contributed by atoms with E-state index in [9.17, 15) is 9.18 Å². The summed E-state index contributed by atoms with van der Waals surface area (Å²) >= 11 is 0. The highest BCUT2D eigenvalue weighted by atomic mass is 19.1. The first-order chi connectivity index (χ1) is 6.50. The molecule has 0 spiro atoms. The largest absolute Gasteiger partial charge is 0.370 e. The lowest BCUT2D eigenvalue weighted by molar-refractivity contribution is -0.120. The Kier molecular flexibility index (Phi) is 3.86. The van der Waals surface area contributed by atoms with Crippen molar-refractivity contribution < 1.29 is 9.18 Å². The van der Waals surface area contributed by atoms with Gasteiger partial charge in [0.1, 0.15) is 6.17 Å². The monoisotopic (exact) mass is 202 g/mol. The van der Waals surface area contributed by atoms with E-state index in [1.54, 1.807) is 0 Å². The van der Waals surface area contributed by atoms with Crippen molar-refractivity contribution in [3.8, 4) is 0 Å². The number of alkyl halides is 1. The molecular weight excluding hydrogens is 183 g/mol. The Labute approximate surface area is 84.4 Å².